The quantitative estimate of drug-likeness (QED) is 0.845. The van der Waals surface area contributed by atoms with Crippen molar-refractivity contribution in [1.29, 1.82) is 0 Å². The molecule has 1 saturated heterocycles. The van der Waals surface area contributed by atoms with E-state index in [1.165, 1.54) is 50.8 Å². The van der Waals surface area contributed by atoms with Gasteiger partial charge in [0.25, 0.3) is 0 Å². The predicted octanol–water partition coefficient (Wildman–Crippen LogP) is 3.20. The van der Waals surface area contributed by atoms with Gasteiger partial charge in [-0.15, -0.1) is 0 Å². The summed E-state index contributed by atoms with van der Waals surface area (Å²) in [5.41, 5.74) is 0.928. The van der Waals surface area contributed by atoms with Crippen molar-refractivity contribution < 1.29 is 9.18 Å². The number of carbonyl (C=O) groups is 1. The van der Waals surface area contributed by atoms with Crippen LogP contribution in [0.5, 0.6) is 0 Å². The second-order valence-corrected chi connectivity index (χ2v) is 7.92. The van der Waals surface area contributed by atoms with Crippen LogP contribution in [-0.4, -0.2) is 55.0 Å². The van der Waals surface area contributed by atoms with E-state index in [9.17, 15) is 9.18 Å². The Morgan fingerprint density at radius 1 is 1.08 bits per heavy atom. The van der Waals surface area contributed by atoms with Crippen molar-refractivity contribution in [3.63, 3.8) is 0 Å². The van der Waals surface area contributed by atoms with Gasteiger partial charge in [-0.3, -0.25) is 9.69 Å². The summed E-state index contributed by atoms with van der Waals surface area (Å²) < 4.78 is 13.0. The molecule has 3 rings (SSSR count). The Balaban J connectivity index is 1.37. The van der Waals surface area contributed by atoms with Crippen molar-refractivity contribution >= 4 is 5.91 Å². The first-order valence-electron chi connectivity index (χ1n) is 10.1. The number of amides is 1. The van der Waals surface area contributed by atoms with Crippen LogP contribution in [0.25, 0.3) is 0 Å². The fourth-order valence-electron chi connectivity index (χ4n) is 4.19. The summed E-state index contributed by atoms with van der Waals surface area (Å²) >= 11 is 0. The third-order valence-electron chi connectivity index (χ3n) is 5.82. The number of hydrogen-bond acceptors (Lipinski definition) is 3. The summed E-state index contributed by atoms with van der Waals surface area (Å²) in [5.74, 6) is 0.677. The molecule has 26 heavy (non-hydrogen) atoms. The van der Waals surface area contributed by atoms with Gasteiger partial charge in [-0.2, -0.15) is 0 Å². The maximum Gasteiger partial charge on any atom is 0.234 e. The molecule has 1 aromatic carbocycles. The number of benzene rings is 1. The van der Waals surface area contributed by atoms with E-state index in [2.05, 4.69) is 15.1 Å². The Labute approximate surface area is 156 Å². The molecular weight excluding hydrogens is 329 g/mol. The minimum Gasteiger partial charge on any atom is -0.348 e. The third kappa shape index (κ3) is 5.78. The topological polar surface area (TPSA) is 35.6 Å². The monoisotopic (exact) mass is 361 g/mol. The van der Waals surface area contributed by atoms with Crippen molar-refractivity contribution in [2.45, 2.75) is 45.1 Å². The highest BCUT2D eigenvalue weighted by molar-refractivity contribution is 5.78. The first-order valence-corrected chi connectivity index (χ1v) is 10.1. The van der Waals surface area contributed by atoms with Crippen LogP contribution in [0.1, 0.15) is 50.6 Å². The molecule has 0 aromatic heterocycles. The van der Waals surface area contributed by atoms with E-state index in [-0.39, 0.29) is 17.8 Å². The molecule has 1 heterocycles. The van der Waals surface area contributed by atoms with Gasteiger partial charge in [0, 0.05) is 32.7 Å². The molecule has 1 saturated carbocycles. The Morgan fingerprint density at radius 3 is 2.35 bits per heavy atom. The summed E-state index contributed by atoms with van der Waals surface area (Å²) in [6, 6.07) is 6.22. The van der Waals surface area contributed by atoms with Crippen LogP contribution < -0.4 is 5.32 Å². The predicted molar refractivity (Wildman–Crippen MR) is 102 cm³/mol. The van der Waals surface area contributed by atoms with Gasteiger partial charge in [0.2, 0.25) is 5.91 Å². The van der Waals surface area contributed by atoms with E-state index < -0.39 is 0 Å². The van der Waals surface area contributed by atoms with E-state index in [0.29, 0.717) is 6.54 Å². The Bertz CT molecular complexity index is 563. The molecule has 2 aliphatic rings. The molecule has 0 bridgehead atoms. The zero-order chi connectivity index (χ0) is 18.4. The van der Waals surface area contributed by atoms with E-state index in [0.717, 1.165) is 37.7 Å². The number of nitrogens with one attached hydrogen (secondary N) is 1. The van der Waals surface area contributed by atoms with Gasteiger partial charge in [-0.25, -0.2) is 4.39 Å². The maximum absolute atomic E-state index is 13.0. The Hall–Kier alpha value is -1.46. The summed E-state index contributed by atoms with van der Waals surface area (Å²) in [6.45, 7) is 7.68. The third-order valence-corrected chi connectivity index (χ3v) is 5.82. The minimum atomic E-state index is -0.252. The molecule has 0 spiro atoms. The van der Waals surface area contributed by atoms with E-state index in [1.807, 2.05) is 6.92 Å². The second kappa shape index (κ2) is 9.47. The molecule has 4 nitrogen and oxygen atoms in total. The van der Waals surface area contributed by atoms with E-state index in [4.69, 9.17) is 0 Å². The number of carbonyl (C=O) groups excluding carboxylic acids is 1. The first kappa shape index (κ1) is 19.3. The van der Waals surface area contributed by atoms with Crippen molar-refractivity contribution in [1.82, 2.24) is 15.1 Å². The lowest BCUT2D eigenvalue weighted by atomic mass is 9.89. The summed E-state index contributed by atoms with van der Waals surface area (Å²) in [4.78, 5) is 17.1. The van der Waals surface area contributed by atoms with Gasteiger partial charge in [0.1, 0.15) is 5.82 Å². The zero-order valence-corrected chi connectivity index (χ0v) is 15.9. The molecular formula is C21H32FN3O. The average Bonchev–Trinajstić information content (AvgIpc) is 2.64. The lowest BCUT2D eigenvalue weighted by Gasteiger charge is -2.37. The molecule has 1 aliphatic carbocycles. The molecule has 1 atom stereocenters. The molecule has 144 valence electrons. The average molecular weight is 362 g/mol. The highest BCUT2D eigenvalue weighted by Gasteiger charge is 2.23. The van der Waals surface area contributed by atoms with E-state index >= 15 is 0 Å². The van der Waals surface area contributed by atoms with Gasteiger partial charge in [-0.05, 0) is 43.4 Å². The number of halogens is 1. The minimum absolute atomic E-state index is 0.0440. The molecule has 0 radical (unpaired) electrons. The normalized spacial score (nSPS) is 21.5. The number of rotatable bonds is 6. The summed E-state index contributed by atoms with van der Waals surface area (Å²) in [5, 5.41) is 3.02. The highest BCUT2D eigenvalue weighted by atomic mass is 19.1. The smallest absolute Gasteiger partial charge is 0.234 e. The van der Waals surface area contributed by atoms with Crippen LogP contribution in [0.15, 0.2) is 24.3 Å². The van der Waals surface area contributed by atoms with Gasteiger partial charge in [0.15, 0.2) is 0 Å². The zero-order valence-electron chi connectivity index (χ0n) is 15.9. The standard InChI is InChI=1S/C21H32FN3O/c1-17(19-7-9-20(22)10-8-19)23-21(26)16-25-13-11-24(12-14-25)15-18-5-3-2-4-6-18/h7-10,17-18H,2-6,11-16H2,1H3,(H,23,26). The van der Waals surface area contributed by atoms with Crippen LogP contribution in [-0.2, 0) is 4.79 Å². The van der Waals surface area contributed by atoms with E-state index in [1.54, 1.807) is 12.1 Å². The van der Waals surface area contributed by atoms with Crippen molar-refractivity contribution in [3.8, 4) is 0 Å². The molecule has 5 heteroatoms. The van der Waals surface area contributed by atoms with Crippen molar-refractivity contribution in [3.05, 3.63) is 35.6 Å². The van der Waals surface area contributed by atoms with Crippen molar-refractivity contribution in [2.24, 2.45) is 5.92 Å². The molecule has 1 aliphatic heterocycles. The lowest BCUT2D eigenvalue weighted by Crippen LogP contribution is -2.50. The molecule has 1 unspecified atom stereocenters. The second-order valence-electron chi connectivity index (χ2n) is 7.92. The molecule has 1 aromatic rings. The van der Waals surface area contributed by atoms with Crippen molar-refractivity contribution in [2.75, 3.05) is 39.3 Å². The van der Waals surface area contributed by atoms with Crippen LogP contribution in [0, 0.1) is 11.7 Å². The fourth-order valence-corrected chi connectivity index (χ4v) is 4.19. The number of hydrogen-bond donors (Lipinski definition) is 1. The molecule has 2 fully saturated rings. The van der Waals surface area contributed by atoms with Crippen LogP contribution in [0.2, 0.25) is 0 Å². The lowest BCUT2D eigenvalue weighted by molar-refractivity contribution is -0.123. The summed E-state index contributed by atoms with van der Waals surface area (Å²) in [6.07, 6.45) is 7.00. The van der Waals surface area contributed by atoms with Gasteiger partial charge in [-0.1, -0.05) is 31.4 Å². The summed E-state index contributed by atoms with van der Waals surface area (Å²) in [7, 11) is 0. The van der Waals surface area contributed by atoms with Crippen LogP contribution in [0.4, 0.5) is 4.39 Å². The van der Waals surface area contributed by atoms with Gasteiger partial charge < -0.3 is 10.2 Å². The molecule has 1 amide bonds. The largest absolute Gasteiger partial charge is 0.348 e. The van der Waals surface area contributed by atoms with Crippen LogP contribution >= 0.6 is 0 Å². The maximum atomic E-state index is 13.0. The Kier molecular flexibility index (Phi) is 7.03. The SMILES string of the molecule is CC(NC(=O)CN1CCN(CC2CCCCC2)CC1)c1ccc(F)cc1. The highest BCUT2D eigenvalue weighted by Crippen LogP contribution is 2.24. The van der Waals surface area contributed by atoms with Gasteiger partial charge >= 0.3 is 0 Å². The van der Waals surface area contributed by atoms with Gasteiger partial charge in [0.05, 0.1) is 12.6 Å². The molecule has 1 N–H and O–H groups in total. The Morgan fingerprint density at radius 2 is 1.69 bits per heavy atom. The number of nitrogens with zero attached hydrogens (tertiary/aromatic N) is 2. The number of piperazine rings is 1. The van der Waals surface area contributed by atoms with Crippen LogP contribution in [0.3, 0.4) is 0 Å². The first-order chi connectivity index (χ1) is 12.6. The fraction of sp³-hybridized carbons (Fsp3) is 0.667.